The highest BCUT2D eigenvalue weighted by Gasteiger charge is 2.26. The van der Waals surface area contributed by atoms with Crippen molar-refractivity contribution in [3.8, 4) is 0 Å². The van der Waals surface area contributed by atoms with Crippen molar-refractivity contribution in [2.24, 2.45) is 0 Å². The van der Waals surface area contributed by atoms with E-state index >= 15 is 0 Å². The number of rotatable bonds is 6. The average Bonchev–Trinajstić information content (AvgIpc) is 2.71. The summed E-state index contributed by atoms with van der Waals surface area (Å²) in [6, 6.07) is 12.0. The monoisotopic (exact) mass is 415 g/mol. The molecule has 29 heavy (non-hydrogen) atoms. The molecule has 2 N–H and O–H groups in total. The van der Waals surface area contributed by atoms with Crippen LogP contribution in [-0.4, -0.2) is 37.8 Å². The minimum absolute atomic E-state index is 0.215. The Hall–Kier alpha value is -2.38. The second-order valence-electron chi connectivity index (χ2n) is 7.67. The average molecular weight is 416 g/mol. The van der Waals surface area contributed by atoms with E-state index in [1.165, 1.54) is 10.4 Å². The maximum atomic E-state index is 12.9. The van der Waals surface area contributed by atoms with E-state index in [1.807, 2.05) is 26.0 Å². The zero-order valence-corrected chi connectivity index (χ0v) is 18.1. The molecule has 1 fully saturated rings. The van der Waals surface area contributed by atoms with Gasteiger partial charge in [0.15, 0.2) is 0 Å². The molecule has 1 aliphatic heterocycles. The first-order valence-electron chi connectivity index (χ1n) is 10.0. The molecule has 1 heterocycles. The van der Waals surface area contributed by atoms with Gasteiger partial charge in [0, 0.05) is 24.5 Å². The molecule has 156 valence electrons. The van der Waals surface area contributed by atoms with Gasteiger partial charge < -0.3 is 10.6 Å². The van der Waals surface area contributed by atoms with Gasteiger partial charge in [0.2, 0.25) is 15.9 Å². The van der Waals surface area contributed by atoms with Crippen LogP contribution in [0.2, 0.25) is 0 Å². The minimum atomic E-state index is -3.53. The van der Waals surface area contributed by atoms with Gasteiger partial charge in [0.1, 0.15) is 6.04 Å². The first-order chi connectivity index (χ1) is 13.8. The third-order valence-electron chi connectivity index (χ3n) is 5.20. The molecule has 1 amide bonds. The van der Waals surface area contributed by atoms with E-state index < -0.39 is 16.1 Å². The minimum Gasteiger partial charge on any atom is -0.374 e. The summed E-state index contributed by atoms with van der Waals surface area (Å²) in [5.74, 6) is -0.225. The summed E-state index contributed by atoms with van der Waals surface area (Å²) in [5, 5.41) is 6.04. The van der Waals surface area contributed by atoms with Gasteiger partial charge in [-0.1, -0.05) is 30.2 Å². The van der Waals surface area contributed by atoms with Crippen LogP contribution in [0, 0.1) is 13.8 Å². The molecule has 0 bridgehead atoms. The van der Waals surface area contributed by atoms with Crippen LogP contribution in [0.1, 0.15) is 37.3 Å². The van der Waals surface area contributed by atoms with Crippen LogP contribution < -0.4 is 10.6 Å². The highest BCUT2D eigenvalue weighted by Crippen LogP contribution is 2.23. The fourth-order valence-electron chi connectivity index (χ4n) is 3.51. The predicted molar refractivity (Wildman–Crippen MR) is 117 cm³/mol. The van der Waals surface area contributed by atoms with E-state index in [4.69, 9.17) is 0 Å². The number of benzene rings is 2. The van der Waals surface area contributed by atoms with Crippen molar-refractivity contribution in [1.29, 1.82) is 0 Å². The van der Waals surface area contributed by atoms with Gasteiger partial charge in [-0.25, -0.2) is 8.42 Å². The van der Waals surface area contributed by atoms with Crippen molar-refractivity contribution in [3.05, 3.63) is 53.6 Å². The van der Waals surface area contributed by atoms with Gasteiger partial charge in [-0.3, -0.25) is 4.79 Å². The topological polar surface area (TPSA) is 78.5 Å². The number of aryl methyl sites for hydroxylation is 2. The molecular formula is C22H29N3O3S. The zero-order chi connectivity index (χ0) is 21.0. The number of hydrogen-bond acceptors (Lipinski definition) is 4. The van der Waals surface area contributed by atoms with Gasteiger partial charge in [-0.2, -0.15) is 4.31 Å². The lowest BCUT2D eigenvalue weighted by molar-refractivity contribution is -0.116. The van der Waals surface area contributed by atoms with E-state index in [1.54, 1.807) is 25.1 Å². The quantitative estimate of drug-likeness (QED) is 0.750. The van der Waals surface area contributed by atoms with Crippen molar-refractivity contribution in [1.82, 2.24) is 4.31 Å². The third kappa shape index (κ3) is 5.16. The second-order valence-corrected chi connectivity index (χ2v) is 9.60. The Morgan fingerprint density at radius 2 is 1.76 bits per heavy atom. The van der Waals surface area contributed by atoms with Crippen molar-refractivity contribution in [3.63, 3.8) is 0 Å². The molecule has 0 unspecified atom stereocenters. The third-order valence-corrected chi connectivity index (χ3v) is 7.10. The molecule has 0 saturated carbocycles. The lowest BCUT2D eigenvalue weighted by Crippen LogP contribution is -2.35. The van der Waals surface area contributed by atoms with Crippen molar-refractivity contribution in [2.45, 2.75) is 51.0 Å². The normalized spacial score (nSPS) is 16.2. The van der Waals surface area contributed by atoms with Crippen LogP contribution in [0.15, 0.2) is 47.4 Å². The van der Waals surface area contributed by atoms with Gasteiger partial charge in [-0.15, -0.1) is 0 Å². The lowest BCUT2D eigenvalue weighted by atomic mass is 10.1. The van der Waals surface area contributed by atoms with E-state index in [0.717, 1.165) is 36.1 Å². The molecule has 0 radical (unpaired) electrons. The van der Waals surface area contributed by atoms with E-state index in [-0.39, 0.29) is 10.8 Å². The number of anilines is 2. The summed E-state index contributed by atoms with van der Waals surface area (Å²) >= 11 is 0. The summed E-state index contributed by atoms with van der Waals surface area (Å²) < 4.78 is 27.3. The number of piperidine rings is 1. The molecule has 6 nitrogen and oxygen atoms in total. The van der Waals surface area contributed by atoms with Crippen LogP contribution in [0.4, 0.5) is 11.4 Å². The molecule has 7 heteroatoms. The van der Waals surface area contributed by atoms with Gasteiger partial charge in [0.25, 0.3) is 0 Å². The van der Waals surface area contributed by atoms with E-state index in [2.05, 4.69) is 16.7 Å². The Morgan fingerprint density at radius 1 is 1.03 bits per heavy atom. The molecule has 1 aliphatic rings. The number of hydrogen-bond donors (Lipinski definition) is 2. The Labute approximate surface area is 173 Å². The Kier molecular flexibility index (Phi) is 6.59. The summed E-state index contributed by atoms with van der Waals surface area (Å²) in [6.45, 7) is 6.90. The van der Waals surface area contributed by atoms with Crippen molar-refractivity contribution < 1.29 is 13.2 Å². The number of amides is 1. The van der Waals surface area contributed by atoms with Crippen molar-refractivity contribution >= 4 is 27.3 Å². The molecular weight excluding hydrogens is 386 g/mol. The Bertz CT molecular complexity index is 983. The molecule has 0 aliphatic carbocycles. The zero-order valence-electron chi connectivity index (χ0n) is 17.2. The molecule has 2 aromatic rings. The largest absolute Gasteiger partial charge is 0.374 e. The summed E-state index contributed by atoms with van der Waals surface area (Å²) in [4.78, 5) is 12.8. The van der Waals surface area contributed by atoms with Crippen LogP contribution in [-0.2, 0) is 14.8 Å². The number of nitrogens with zero attached hydrogens (tertiary/aromatic N) is 1. The van der Waals surface area contributed by atoms with Crippen LogP contribution >= 0.6 is 0 Å². The first kappa shape index (κ1) is 21.3. The molecule has 3 rings (SSSR count). The molecule has 1 atom stereocenters. The fourth-order valence-corrected chi connectivity index (χ4v) is 5.08. The molecule has 2 aromatic carbocycles. The van der Waals surface area contributed by atoms with Crippen LogP contribution in [0.3, 0.4) is 0 Å². The fraction of sp³-hybridized carbons (Fsp3) is 0.409. The highest BCUT2D eigenvalue weighted by molar-refractivity contribution is 7.89. The smallest absolute Gasteiger partial charge is 0.246 e. The van der Waals surface area contributed by atoms with E-state index in [0.29, 0.717) is 18.8 Å². The number of carbonyl (C=O) groups excluding carboxylic acids is 1. The molecule has 0 aromatic heterocycles. The van der Waals surface area contributed by atoms with Gasteiger partial charge in [0.05, 0.1) is 4.90 Å². The summed E-state index contributed by atoms with van der Waals surface area (Å²) in [5.41, 5.74) is 3.61. The standard InChI is InChI=1S/C22H29N3O3S/c1-16-10-11-21(17(2)14-16)23-18(3)22(26)24-19-8-7-9-20(15-19)29(27,28)25-12-5-4-6-13-25/h7-11,14-15,18,23H,4-6,12-13H2,1-3H3,(H,24,26)/t18-/m0/s1. The molecule has 0 spiro atoms. The first-order valence-corrected chi connectivity index (χ1v) is 11.5. The Balaban J connectivity index is 1.69. The Morgan fingerprint density at radius 3 is 2.45 bits per heavy atom. The summed E-state index contributed by atoms with van der Waals surface area (Å²) in [6.07, 6.45) is 2.84. The highest BCUT2D eigenvalue weighted by atomic mass is 32.2. The van der Waals surface area contributed by atoms with Crippen LogP contribution in [0.5, 0.6) is 0 Å². The van der Waals surface area contributed by atoms with Gasteiger partial charge >= 0.3 is 0 Å². The maximum Gasteiger partial charge on any atom is 0.246 e. The van der Waals surface area contributed by atoms with Gasteiger partial charge in [-0.05, 0) is 63.4 Å². The predicted octanol–water partition coefficient (Wildman–Crippen LogP) is 3.92. The maximum absolute atomic E-state index is 12.9. The number of nitrogens with one attached hydrogen (secondary N) is 2. The van der Waals surface area contributed by atoms with E-state index in [9.17, 15) is 13.2 Å². The van der Waals surface area contributed by atoms with Crippen LogP contribution in [0.25, 0.3) is 0 Å². The second kappa shape index (κ2) is 8.97. The van der Waals surface area contributed by atoms with Crippen molar-refractivity contribution in [2.75, 3.05) is 23.7 Å². The number of carbonyl (C=O) groups is 1. The summed E-state index contributed by atoms with van der Waals surface area (Å²) in [7, 11) is -3.53. The lowest BCUT2D eigenvalue weighted by Gasteiger charge is -2.26. The SMILES string of the molecule is Cc1ccc(N[C@@H](C)C(=O)Nc2cccc(S(=O)(=O)N3CCCCC3)c2)c(C)c1. The molecule has 1 saturated heterocycles. The number of sulfonamides is 1.